The Labute approximate surface area is 176 Å². The van der Waals surface area contributed by atoms with E-state index in [1.165, 1.54) is 0 Å². The standard InChI is InChI=1S/C24H26N4O2/c1-15(26)21-13-17(9-10-22(21)27)16-5-3-7-19(11-16)24(29)28-23(14-25)18-6-4-8-20(12-18)30-2/h3-13,23,26H,14,25,27H2,1-2H3,(H,28,29). The lowest BCUT2D eigenvalue weighted by molar-refractivity contribution is 0.0938. The fourth-order valence-electron chi connectivity index (χ4n) is 3.28. The first kappa shape index (κ1) is 21.1. The first-order valence-corrected chi connectivity index (χ1v) is 9.63. The van der Waals surface area contributed by atoms with Crippen molar-refractivity contribution in [3.63, 3.8) is 0 Å². The number of benzene rings is 3. The van der Waals surface area contributed by atoms with Crippen molar-refractivity contribution < 1.29 is 9.53 Å². The summed E-state index contributed by atoms with van der Waals surface area (Å²) in [6.45, 7) is 1.96. The number of nitrogens with one attached hydrogen (secondary N) is 2. The Balaban J connectivity index is 1.85. The van der Waals surface area contributed by atoms with Crippen LogP contribution < -0.4 is 21.5 Å². The van der Waals surface area contributed by atoms with E-state index in [0.29, 0.717) is 28.3 Å². The Bertz CT molecular complexity index is 1080. The summed E-state index contributed by atoms with van der Waals surface area (Å²) in [5.74, 6) is 0.497. The highest BCUT2D eigenvalue weighted by molar-refractivity contribution is 6.02. The molecule has 30 heavy (non-hydrogen) atoms. The van der Waals surface area contributed by atoms with Gasteiger partial charge in [0.05, 0.1) is 13.2 Å². The van der Waals surface area contributed by atoms with Crippen molar-refractivity contribution in [1.82, 2.24) is 5.32 Å². The van der Waals surface area contributed by atoms with E-state index in [-0.39, 0.29) is 18.5 Å². The van der Waals surface area contributed by atoms with Crippen molar-refractivity contribution in [3.8, 4) is 16.9 Å². The molecule has 0 saturated heterocycles. The van der Waals surface area contributed by atoms with Crippen LogP contribution >= 0.6 is 0 Å². The molecule has 0 radical (unpaired) electrons. The molecule has 0 saturated carbocycles. The number of anilines is 1. The van der Waals surface area contributed by atoms with Gasteiger partial charge in [-0.2, -0.15) is 0 Å². The van der Waals surface area contributed by atoms with Crippen LogP contribution in [0.2, 0.25) is 0 Å². The third-order valence-corrected chi connectivity index (χ3v) is 4.95. The Kier molecular flexibility index (Phi) is 6.49. The van der Waals surface area contributed by atoms with Gasteiger partial charge < -0.3 is 26.9 Å². The molecule has 1 amide bonds. The Morgan fingerprint density at radius 1 is 1.07 bits per heavy atom. The zero-order valence-corrected chi connectivity index (χ0v) is 17.1. The molecule has 6 heteroatoms. The maximum absolute atomic E-state index is 12.9. The fourth-order valence-corrected chi connectivity index (χ4v) is 3.28. The van der Waals surface area contributed by atoms with Gasteiger partial charge in [0.15, 0.2) is 0 Å². The third kappa shape index (κ3) is 4.67. The Hall–Kier alpha value is -3.64. The predicted molar refractivity (Wildman–Crippen MR) is 121 cm³/mol. The van der Waals surface area contributed by atoms with Crippen LogP contribution in [0.15, 0.2) is 66.7 Å². The molecule has 3 rings (SSSR count). The molecule has 0 aromatic heterocycles. The van der Waals surface area contributed by atoms with Gasteiger partial charge >= 0.3 is 0 Å². The number of rotatable bonds is 7. The van der Waals surface area contributed by atoms with Gasteiger partial charge in [0, 0.05) is 29.1 Å². The molecule has 0 bridgehead atoms. The highest BCUT2D eigenvalue weighted by Gasteiger charge is 2.16. The van der Waals surface area contributed by atoms with Crippen LogP contribution in [0.25, 0.3) is 11.1 Å². The molecule has 1 atom stereocenters. The summed E-state index contributed by atoms with van der Waals surface area (Å²) in [5, 5.41) is 10.9. The summed E-state index contributed by atoms with van der Waals surface area (Å²) in [5.41, 5.74) is 16.7. The molecule has 6 N–H and O–H groups in total. The minimum atomic E-state index is -0.333. The lowest BCUT2D eigenvalue weighted by Crippen LogP contribution is -2.33. The number of nitrogen functional groups attached to an aromatic ring is 1. The van der Waals surface area contributed by atoms with E-state index in [4.69, 9.17) is 21.6 Å². The van der Waals surface area contributed by atoms with Gasteiger partial charge in [0.25, 0.3) is 5.91 Å². The molecule has 3 aromatic carbocycles. The highest BCUT2D eigenvalue weighted by Crippen LogP contribution is 2.25. The number of nitrogens with two attached hydrogens (primary N) is 2. The summed E-state index contributed by atoms with van der Waals surface area (Å²) in [4.78, 5) is 12.9. The second kappa shape index (κ2) is 9.24. The van der Waals surface area contributed by atoms with Gasteiger partial charge in [0.2, 0.25) is 0 Å². The normalized spacial score (nSPS) is 11.6. The molecule has 0 heterocycles. The maximum Gasteiger partial charge on any atom is 0.251 e. The largest absolute Gasteiger partial charge is 0.497 e. The summed E-state index contributed by atoms with van der Waals surface area (Å²) in [6, 6.07) is 20.0. The SMILES string of the molecule is COc1cccc(C(CN)NC(=O)c2cccc(-c3ccc(N)c(C(C)=N)c3)c2)c1. The van der Waals surface area contributed by atoms with E-state index in [0.717, 1.165) is 16.7 Å². The van der Waals surface area contributed by atoms with Gasteiger partial charge in [-0.25, -0.2) is 0 Å². The van der Waals surface area contributed by atoms with Crippen molar-refractivity contribution >= 4 is 17.3 Å². The van der Waals surface area contributed by atoms with Crippen LogP contribution in [0.1, 0.15) is 34.5 Å². The first-order valence-electron chi connectivity index (χ1n) is 9.63. The van der Waals surface area contributed by atoms with Crippen LogP contribution in [0.4, 0.5) is 5.69 Å². The van der Waals surface area contributed by atoms with E-state index in [9.17, 15) is 4.79 Å². The third-order valence-electron chi connectivity index (χ3n) is 4.95. The number of methoxy groups -OCH3 is 1. The smallest absolute Gasteiger partial charge is 0.251 e. The molecule has 0 aliphatic rings. The van der Waals surface area contributed by atoms with E-state index < -0.39 is 0 Å². The number of hydrogen-bond acceptors (Lipinski definition) is 5. The Morgan fingerprint density at radius 3 is 2.50 bits per heavy atom. The minimum absolute atomic E-state index is 0.214. The molecule has 1 unspecified atom stereocenters. The van der Waals surface area contributed by atoms with Crippen LogP contribution in [-0.4, -0.2) is 25.3 Å². The molecular formula is C24H26N4O2. The summed E-state index contributed by atoms with van der Waals surface area (Å²) in [7, 11) is 1.60. The zero-order chi connectivity index (χ0) is 21.7. The fraction of sp³-hybridized carbons (Fsp3) is 0.167. The van der Waals surface area contributed by atoms with Crippen LogP contribution in [0.5, 0.6) is 5.75 Å². The average molecular weight is 402 g/mol. The maximum atomic E-state index is 12.9. The second-order valence-electron chi connectivity index (χ2n) is 7.05. The van der Waals surface area contributed by atoms with Crippen LogP contribution in [0, 0.1) is 5.41 Å². The first-order chi connectivity index (χ1) is 14.4. The van der Waals surface area contributed by atoms with Crippen LogP contribution in [0.3, 0.4) is 0 Å². The minimum Gasteiger partial charge on any atom is -0.497 e. The van der Waals surface area contributed by atoms with Gasteiger partial charge in [-0.15, -0.1) is 0 Å². The van der Waals surface area contributed by atoms with E-state index in [1.807, 2.05) is 54.6 Å². The van der Waals surface area contributed by atoms with Gasteiger partial charge in [0.1, 0.15) is 5.75 Å². The lowest BCUT2D eigenvalue weighted by atomic mass is 9.98. The molecule has 0 aliphatic carbocycles. The van der Waals surface area contributed by atoms with Gasteiger partial charge in [-0.1, -0.05) is 30.3 Å². The molecule has 0 spiro atoms. The summed E-state index contributed by atoms with van der Waals surface area (Å²) >= 11 is 0. The van der Waals surface area contributed by atoms with Crippen molar-refractivity contribution in [2.45, 2.75) is 13.0 Å². The molecule has 154 valence electrons. The van der Waals surface area contributed by atoms with Crippen molar-refractivity contribution in [2.24, 2.45) is 5.73 Å². The number of carbonyl (C=O) groups is 1. The highest BCUT2D eigenvalue weighted by atomic mass is 16.5. The predicted octanol–water partition coefficient (Wildman–Crippen LogP) is 3.76. The van der Waals surface area contributed by atoms with Crippen molar-refractivity contribution in [1.29, 1.82) is 5.41 Å². The molecule has 6 nitrogen and oxygen atoms in total. The van der Waals surface area contributed by atoms with E-state index in [2.05, 4.69) is 5.32 Å². The number of ether oxygens (including phenoxy) is 1. The van der Waals surface area contributed by atoms with Crippen LogP contribution in [-0.2, 0) is 0 Å². The molecule has 0 aliphatic heterocycles. The zero-order valence-electron chi connectivity index (χ0n) is 17.1. The summed E-state index contributed by atoms with van der Waals surface area (Å²) < 4.78 is 5.26. The number of hydrogen-bond donors (Lipinski definition) is 4. The van der Waals surface area contributed by atoms with Crippen molar-refractivity contribution in [3.05, 3.63) is 83.4 Å². The molecular weight excluding hydrogens is 376 g/mol. The van der Waals surface area contributed by atoms with Gasteiger partial charge in [-0.05, 0) is 60.0 Å². The summed E-state index contributed by atoms with van der Waals surface area (Å²) in [6.07, 6.45) is 0. The monoisotopic (exact) mass is 402 g/mol. The topological polar surface area (TPSA) is 114 Å². The average Bonchev–Trinajstić information content (AvgIpc) is 2.77. The molecule has 3 aromatic rings. The van der Waals surface area contributed by atoms with Gasteiger partial charge in [-0.3, -0.25) is 4.79 Å². The quantitative estimate of drug-likeness (QED) is 0.356. The molecule has 0 fully saturated rings. The number of amides is 1. The lowest BCUT2D eigenvalue weighted by Gasteiger charge is -2.18. The Morgan fingerprint density at radius 2 is 1.80 bits per heavy atom. The van der Waals surface area contributed by atoms with E-state index >= 15 is 0 Å². The second-order valence-corrected chi connectivity index (χ2v) is 7.05. The number of carbonyl (C=O) groups excluding carboxylic acids is 1. The van der Waals surface area contributed by atoms with E-state index in [1.54, 1.807) is 26.2 Å². The van der Waals surface area contributed by atoms with Crippen molar-refractivity contribution in [2.75, 3.05) is 19.4 Å².